The normalized spacial score (nSPS) is 11.6. The highest BCUT2D eigenvalue weighted by molar-refractivity contribution is 6.11. The summed E-state index contributed by atoms with van der Waals surface area (Å²) in [5.41, 5.74) is -3.71. The minimum Gasteiger partial charge on any atom is -0.436 e. The fourth-order valence-electron chi connectivity index (χ4n) is 7.53. The van der Waals surface area contributed by atoms with E-state index in [-0.39, 0.29) is 17.5 Å². The number of hydrogen-bond donors (Lipinski definition) is 0. The van der Waals surface area contributed by atoms with Gasteiger partial charge in [-0.15, -0.1) is 0 Å². The average Bonchev–Trinajstić information content (AvgIpc) is 3.99. The highest BCUT2D eigenvalue weighted by atomic mass is 19.2. The number of aromatic nitrogens is 3. The molecule has 10 rings (SSSR count). The van der Waals surface area contributed by atoms with Gasteiger partial charge in [-0.3, -0.25) is 0 Å². The van der Waals surface area contributed by atoms with Crippen LogP contribution < -0.4 is 0 Å². The largest absolute Gasteiger partial charge is 0.436 e. The zero-order valence-electron chi connectivity index (χ0n) is 30.4. The Morgan fingerprint density at radius 3 is 1.21 bits per heavy atom. The molecule has 3 aromatic heterocycles. The summed E-state index contributed by atoms with van der Waals surface area (Å²) >= 11 is 0. The van der Waals surface area contributed by atoms with Gasteiger partial charge in [0.05, 0.1) is 35.3 Å². The maximum Gasteiger partial charge on any atom is 0.262 e. The van der Waals surface area contributed by atoms with E-state index >= 15 is 35.1 Å². The number of halogens is 8. The van der Waals surface area contributed by atoms with Gasteiger partial charge in [-0.2, -0.15) is 0 Å². The lowest BCUT2D eigenvalue weighted by atomic mass is 9.95. The van der Waals surface area contributed by atoms with E-state index in [0.717, 1.165) is 12.1 Å². The molecule has 3 heterocycles. The Labute approximate surface area is 336 Å². The molecule has 0 bridgehead atoms. The Hall–Kier alpha value is -8.30. The van der Waals surface area contributed by atoms with Crippen molar-refractivity contribution in [1.29, 1.82) is 0 Å². The predicted octanol–water partition coefficient (Wildman–Crippen LogP) is 13.9. The van der Waals surface area contributed by atoms with Crippen molar-refractivity contribution in [1.82, 2.24) is 14.5 Å². The second-order valence-corrected chi connectivity index (χ2v) is 13.7. The van der Waals surface area contributed by atoms with Crippen molar-refractivity contribution in [3.8, 4) is 50.8 Å². The van der Waals surface area contributed by atoms with E-state index in [1.54, 1.807) is 84.9 Å². The summed E-state index contributed by atoms with van der Waals surface area (Å²) in [6.07, 6.45) is 0. The molecule has 7 aromatic carbocycles. The predicted molar refractivity (Wildman–Crippen MR) is 210 cm³/mol. The van der Waals surface area contributed by atoms with E-state index in [1.807, 2.05) is 0 Å². The first-order chi connectivity index (χ1) is 29.5. The van der Waals surface area contributed by atoms with Gasteiger partial charge in [0.2, 0.25) is 11.8 Å². The third-order valence-electron chi connectivity index (χ3n) is 10.3. The van der Waals surface area contributed by atoms with Crippen molar-refractivity contribution >= 4 is 55.4 Å². The summed E-state index contributed by atoms with van der Waals surface area (Å²) in [5.74, 6) is -15.8. The monoisotopic (exact) mass is 823 g/mol. The minimum atomic E-state index is -2.05. The van der Waals surface area contributed by atoms with Gasteiger partial charge in [0, 0.05) is 27.6 Å². The number of nitrogens with zero attached hydrogens (tertiary/aromatic N) is 5. The third-order valence-corrected chi connectivity index (χ3v) is 10.3. The number of benzene rings is 7. The number of hydrogen-bond acceptors (Lipinski definition) is 4. The van der Waals surface area contributed by atoms with Crippen LogP contribution in [0.15, 0.2) is 112 Å². The molecule has 0 aliphatic heterocycles. The van der Waals surface area contributed by atoms with Gasteiger partial charge in [-0.1, -0.05) is 24.3 Å². The maximum atomic E-state index is 15.8. The molecule has 0 saturated carbocycles. The lowest BCUT2D eigenvalue weighted by Gasteiger charge is -2.17. The van der Waals surface area contributed by atoms with Crippen LogP contribution in [0.1, 0.15) is 0 Å². The van der Waals surface area contributed by atoms with Crippen molar-refractivity contribution in [2.75, 3.05) is 0 Å². The summed E-state index contributed by atoms with van der Waals surface area (Å²) in [5, 5.41) is 0.984. The SMILES string of the molecule is [C-]#[N+]c1c(F)c(F)c(-c2cc(-c3c(F)c(F)c([N+]#[C-])c(F)c3F)cc(-n3c4ccc(-c5nc6ccccc6o5)cc4c4cc(-c5nc6ccccc6o5)ccc43)c2)c(F)c1F. The van der Waals surface area contributed by atoms with Crippen LogP contribution in [-0.4, -0.2) is 14.5 Å². The van der Waals surface area contributed by atoms with Gasteiger partial charge >= 0.3 is 0 Å². The zero-order valence-corrected chi connectivity index (χ0v) is 30.4. The Bertz CT molecular complexity index is 3280. The quantitative estimate of drug-likeness (QED) is 0.0985. The van der Waals surface area contributed by atoms with Crippen LogP contribution in [0.3, 0.4) is 0 Å². The second-order valence-electron chi connectivity index (χ2n) is 13.7. The van der Waals surface area contributed by atoms with Crippen molar-refractivity contribution in [3.63, 3.8) is 0 Å². The number of oxazole rings is 2. The molecule has 0 atom stereocenters. The van der Waals surface area contributed by atoms with Gasteiger partial charge in [-0.25, -0.2) is 54.8 Å². The van der Waals surface area contributed by atoms with Gasteiger partial charge in [0.1, 0.15) is 11.0 Å². The van der Waals surface area contributed by atoms with E-state index in [1.165, 1.54) is 4.57 Å². The van der Waals surface area contributed by atoms with Gasteiger partial charge in [-0.05, 0) is 90.0 Å². The lowest BCUT2D eigenvalue weighted by molar-refractivity contribution is 0.465. The van der Waals surface area contributed by atoms with Gasteiger partial charge < -0.3 is 13.4 Å². The molecule has 0 N–H and O–H groups in total. The minimum absolute atomic E-state index is 0.167. The molecular formula is C46H17F8N5O2. The topological polar surface area (TPSA) is 65.7 Å². The number of para-hydroxylation sites is 4. The zero-order chi connectivity index (χ0) is 42.4. The van der Waals surface area contributed by atoms with Crippen molar-refractivity contribution in [2.45, 2.75) is 0 Å². The molecule has 0 aliphatic rings. The van der Waals surface area contributed by atoms with Crippen LogP contribution >= 0.6 is 0 Å². The van der Waals surface area contributed by atoms with Crippen LogP contribution in [0.5, 0.6) is 0 Å². The summed E-state index contributed by atoms with van der Waals surface area (Å²) in [7, 11) is 0. The first-order valence-corrected chi connectivity index (χ1v) is 17.9. The Balaban J connectivity index is 1.30. The number of fused-ring (bicyclic) bond motifs is 5. The van der Waals surface area contributed by atoms with Crippen LogP contribution in [0.25, 0.3) is 105 Å². The lowest BCUT2D eigenvalue weighted by Crippen LogP contribution is -2.04. The number of rotatable bonds is 5. The van der Waals surface area contributed by atoms with Crippen LogP contribution in [0, 0.1) is 59.7 Å². The summed E-state index contributed by atoms with van der Waals surface area (Å²) < 4.78 is 137. The van der Waals surface area contributed by atoms with E-state index in [2.05, 4.69) is 19.7 Å². The molecule has 0 unspecified atom stereocenters. The third kappa shape index (κ3) is 5.55. The summed E-state index contributed by atoms with van der Waals surface area (Å²) in [6.45, 7) is 14.1. The fraction of sp³-hybridized carbons (Fsp3) is 0. The van der Waals surface area contributed by atoms with E-state index in [0.29, 0.717) is 61.2 Å². The Morgan fingerprint density at radius 2 is 0.836 bits per heavy atom. The van der Waals surface area contributed by atoms with Crippen LogP contribution in [-0.2, 0) is 0 Å². The highest BCUT2D eigenvalue weighted by Gasteiger charge is 2.31. The van der Waals surface area contributed by atoms with Gasteiger partial charge in [0.25, 0.3) is 11.4 Å². The first-order valence-electron chi connectivity index (χ1n) is 17.9. The second kappa shape index (κ2) is 13.6. The standard InChI is InChI=1S/C46H17F8N5O2/c1-55-43-39(51)35(47)33(36(48)40(43)52)22-15-23(34-37(49)41(53)44(56-2)42(54)38(34)50)17-24(16-22)59-29-13-11-20(45-57-27-7-3-5-9-31(27)60-45)18-25(29)26-19-21(12-14-30(26)59)46-58-28-8-4-6-10-32(28)61-46/h3-19H. The molecule has 0 aliphatic carbocycles. The Kier molecular flexibility index (Phi) is 8.27. The fourth-order valence-corrected chi connectivity index (χ4v) is 7.53. The maximum absolute atomic E-state index is 15.8. The molecule has 0 radical (unpaired) electrons. The van der Waals surface area contributed by atoms with Crippen LogP contribution in [0.4, 0.5) is 46.5 Å². The highest BCUT2D eigenvalue weighted by Crippen LogP contribution is 2.44. The molecule has 15 heteroatoms. The molecular weight excluding hydrogens is 807 g/mol. The molecule has 7 nitrogen and oxygen atoms in total. The first kappa shape index (κ1) is 37.0. The molecule has 0 fully saturated rings. The molecule has 0 spiro atoms. The van der Waals surface area contributed by atoms with E-state index < -0.39 is 80.2 Å². The summed E-state index contributed by atoms with van der Waals surface area (Å²) in [4.78, 5) is 14.3. The van der Waals surface area contributed by atoms with Crippen LogP contribution in [0.2, 0.25) is 0 Å². The van der Waals surface area contributed by atoms with Crippen molar-refractivity contribution < 1.29 is 44.0 Å². The van der Waals surface area contributed by atoms with E-state index in [9.17, 15) is 0 Å². The Morgan fingerprint density at radius 1 is 0.443 bits per heavy atom. The van der Waals surface area contributed by atoms with E-state index in [4.69, 9.17) is 22.0 Å². The van der Waals surface area contributed by atoms with Gasteiger partial charge in [0.15, 0.2) is 57.7 Å². The molecule has 10 aromatic rings. The molecule has 0 amide bonds. The van der Waals surface area contributed by atoms with Crippen molar-refractivity contribution in [2.24, 2.45) is 0 Å². The molecule has 61 heavy (non-hydrogen) atoms. The summed E-state index contributed by atoms with van der Waals surface area (Å²) in [6, 6.07) is 26.9. The van der Waals surface area contributed by atoms with Crippen molar-refractivity contribution in [3.05, 3.63) is 173 Å². The average molecular weight is 824 g/mol. The molecule has 294 valence electrons. The smallest absolute Gasteiger partial charge is 0.262 e. The molecule has 0 saturated heterocycles.